The summed E-state index contributed by atoms with van der Waals surface area (Å²) in [6.07, 6.45) is -4.32. The Labute approximate surface area is 88.2 Å². The van der Waals surface area contributed by atoms with Gasteiger partial charge in [-0.15, -0.1) is 0 Å². The number of alkyl halides is 3. The van der Waals surface area contributed by atoms with Crippen molar-refractivity contribution in [2.24, 2.45) is 5.73 Å². The van der Waals surface area contributed by atoms with Gasteiger partial charge in [0, 0.05) is 11.0 Å². The summed E-state index contributed by atoms with van der Waals surface area (Å²) in [5.41, 5.74) is 5.32. The van der Waals surface area contributed by atoms with E-state index in [9.17, 15) is 13.2 Å². The van der Waals surface area contributed by atoms with Gasteiger partial charge in [0.05, 0.1) is 5.56 Å². The molecule has 1 aromatic rings. The summed E-state index contributed by atoms with van der Waals surface area (Å²) in [4.78, 5) is 0. The lowest BCUT2D eigenvalue weighted by molar-refractivity contribution is -0.138. The fourth-order valence-corrected chi connectivity index (χ4v) is 1.65. The molecular weight excluding hydrogens is 259 g/mol. The molecule has 0 unspecified atom stereocenters. The maximum Gasteiger partial charge on any atom is 0.416 e. The van der Waals surface area contributed by atoms with Crippen LogP contribution >= 0.6 is 15.9 Å². The average molecular weight is 268 g/mol. The third-order valence-electron chi connectivity index (χ3n) is 1.95. The molecule has 1 nitrogen and oxygen atoms in total. The summed E-state index contributed by atoms with van der Waals surface area (Å²) in [7, 11) is 0. The third kappa shape index (κ3) is 2.27. The maximum atomic E-state index is 12.5. The summed E-state index contributed by atoms with van der Waals surface area (Å²) in [6, 6.07) is 2.69. The van der Waals surface area contributed by atoms with Crippen LogP contribution in [0.4, 0.5) is 13.2 Å². The van der Waals surface area contributed by atoms with E-state index >= 15 is 0 Å². The van der Waals surface area contributed by atoms with Crippen LogP contribution in [0.3, 0.4) is 0 Å². The highest BCUT2D eigenvalue weighted by Crippen LogP contribution is 2.35. The minimum Gasteiger partial charge on any atom is -0.326 e. The fraction of sp³-hybridized carbons (Fsp3) is 0.333. The predicted octanol–water partition coefficient (Wildman–Crippen LogP) is 3.24. The molecule has 0 fully saturated rings. The fourth-order valence-electron chi connectivity index (χ4n) is 1.15. The first-order valence-corrected chi connectivity index (χ1v) is 4.72. The van der Waals surface area contributed by atoms with Crippen LogP contribution in [-0.2, 0) is 12.7 Å². The summed E-state index contributed by atoms with van der Waals surface area (Å²) in [5, 5.41) is 0. The van der Waals surface area contributed by atoms with Crippen LogP contribution in [0.5, 0.6) is 0 Å². The molecule has 1 rings (SSSR count). The van der Waals surface area contributed by atoms with E-state index in [-0.39, 0.29) is 12.1 Å². The smallest absolute Gasteiger partial charge is 0.326 e. The molecule has 0 amide bonds. The zero-order chi connectivity index (χ0) is 10.9. The van der Waals surface area contributed by atoms with E-state index < -0.39 is 11.7 Å². The van der Waals surface area contributed by atoms with Crippen molar-refractivity contribution in [1.82, 2.24) is 0 Å². The van der Waals surface area contributed by atoms with Gasteiger partial charge in [-0.3, -0.25) is 0 Å². The highest BCUT2D eigenvalue weighted by atomic mass is 79.9. The molecule has 5 heteroatoms. The van der Waals surface area contributed by atoms with Gasteiger partial charge in [0.15, 0.2) is 0 Å². The highest BCUT2D eigenvalue weighted by molar-refractivity contribution is 9.10. The SMILES string of the molecule is Cc1c(Br)cc(CN)cc1C(F)(F)F. The molecule has 0 aromatic heterocycles. The molecule has 14 heavy (non-hydrogen) atoms. The van der Waals surface area contributed by atoms with Crippen LogP contribution in [0, 0.1) is 6.92 Å². The van der Waals surface area contributed by atoms with E-state index in [1.54, 1.807) is 6.07 Å². The van der Waals surface area contributed by atoms with E-state index in [1.807, 2.05) is 0 Å². The molecule has 0 atom stereocenters. The molecule has 0 saturated carbocycles. The number of hydrogen-bond donors (Lipinski definition) is 1. The number of halogens is 4. The maximum absolute atomic E-state index is 12.5. The molecule has 0 heterocycles. The van der Waals surface area contributed by atoms with E-state index in [2.05, 4.69) is 15.9 Å². The van der Waals surface area contributed by atoms with Gasteiger partial charge in [-0.25, -0.2) is 0 Å². The molecule has 78 valence electrons. The first-order valence-electron chi connectivity index (χ1n) is 3.92. The monoisotopic (exact) mass is 267 g/mol. The second kappa shape index (κ2) is 3.90. The lowest BCUT2D eigenvalue weighted by Crippen LogP contribution is -2.10. The van der Waals surface area contributed by atoms with Gasteiger partial charge in [-0.05, 0) is 30.2 Å². The Hall–Kier alpha value is -0.550. The van der Waals surface area contributed by atoms with Crippen molar-refractivity contribution in [1.29, 1.82) is 0 Å². The van der Waals surface area contributed by atoms with Crippen LogP contribution in [0.15, 0.2) is 16.6 Å². The van der Waals surface area contributed by atoms with Crippen molar-refractivity contribution in [3.63, 3.8) is 0 Å². The van der Waals surface area contributed by atoms with Crippen LogP contribution in [0.2, 0.25) is 0 Å². The second-order valence-corrected chi connectivity index (χ2v) is 3.81. The van der Waals surface area contributed by atoms with E-state index in [4.69, 9.17) is 5.73 Å². The Bertz CT molecular complexity index is 347. The zero-order valence-corrected chi connectivity index (χ0v) is 9.04. The molecule has 0 aliphatic rings. The Morgan fingerprint density at radius 3 is 2.36 bits per heavy atom. The van der Waals surface area contributed by atoms with Crippen molar-refractivity contribution in [3.8, 4) is 0 Å². The second-order valence-electron chi connectivity index (χ2n) is 2.95. The summed E-state index contributed by atoms with van der Waals surface area (Å²) in [6.45, 7) is 1.52. The Morgan fingerprint density at radius 1 is 1.36 bits per heavy atom. The topological polar surface area (TPSA) is 26.0 Å². The van der Waals surface area contributed by atoms with Gasteiger partial charge in [-0.2, -0.15) is 13.2 Å². The van der Waals surface area contributed by atoms with E-state index in [0.717, 1.165) is 6.07 Å². The molecule has 0 spiro atoms. The largest absolute Gasteiger partial charge is 0.416 e. The van der Waals surface area contributed by atoms with E-state index in [1.165, 1.54) is 6.92 Å². The predicted molar refractivity (Wildman–Crippen MR) is 51.8 cm³/mol. The van der Waals surface area contributed by atoms with Crippen molar-refractivity contribution >= 4 is 15.9 Å². The summed E-state index contributed by atoms with van der Waals surface area (Å²) >= 11 is 3.07. The number of nitrogens with two attached hydrogens (primary N) is 1. The van der Waals surface area contributed by atoms with Crippen LogP contribution in [0.1, 0.15) is 16.7 Å². The normalized spacial score (nSPS) is 11.9. The molecule has 1 aromatic carbocycles. The van der Waals surface area contributed by atoms with Gasteiger partial charge in [0.2, 0.25) is 0 Å². The molecule has 0 aliphatic carbocycles. The standard InChI is InChI=1S/C9H9BrF3N/c1-5-7(9(11,12)13)2-6(4-14)3-8(5)10/h2-3H,4,14H2,1H3. The first kappa shape index (κ1) is 11.5. The minimum atomic E-state index is -4.32. The summed E-state index contributed by atoms with van der Waals surface area (Å²) < 4.78 is 37.9. The molecule has 0 saturated heterocycles. The Kier molecular flexibility index (Phi) is 3.21. The van der Waals surface area contributed by atoms with Crippen molar-refractivity contribution in [3.05, 3.63) is 33.3 Å². The van der Waals surface area contributed by atoms with Crippen molar-refractivity contribution < 1.29 is 13.2 Å². The quantitative estimate of drug-likeness (QED) is 0.831. The Balaban J connectivity index is 3.35. The molecular formula is C9H9BrF3N. The van der Waals surface area contributed by atoms with Gasteiger partial charge in [0.1, 0.15) is 0 Å². The van der Waals surface area contributed by atoms with Crippen LogP contribution in [0.25, 0.3) is 0 Å². The first-order chi connectivity index (χ1) is 6.36. The molecule has 2 N–H and O–H groups in total. The lowest BCUT2D eigenvalue weighted by atomic mass is 10.0. The highest BCUT2D eigenvalue weighted by Gasteiger charge is 2.33. The summed E-state index contributed by atoms with van der Waals surface area (Å²) in [5.74, 6) is 0. The molecule has 0 bridgehead atoms. The van der Waals surface area contributed by atoms with E-state index in [0.29, 0.717) is 10.0 Å². The average Bonchev–Trinajstić information content (AvgIpc) is 2.07. The van der Waals surface area contributed by atoms with Crippen molar-refractivity contribution in [2.75, 3.05) is 0 Å². The van der Waals surface area contributed by atoms with Crippen LogP contribution < -0.4 is 5.73 Å². The van der Waals surface area contributed by atoms with Crippen molar-refractivity contribution in [2.45, 2.75) is 19.6 Å². The van der Waals surface area contributed by atoms with Gasteiger partial charge in [-0.1, -0.05) is 15.9 Å². The zero-order valence-electron chi connectivity index (χ0n) is 7.45. The number of rotatable bonds is 1. The number of benzene rings is 1. The van der Waals surface area contributed by atoms with Gasteiger partial charge < -0.3 is 5.73 Å². The number of hydrogen-bond acceptors (Lipinski definition) is 1. The molecule has 0 radical (unpaired) electrons. The molecule has 0 aliphatic heterocycles. The van der Waals surface area contributed by atoms with Gasteiger partial charge >= 0.3 is 6.18 Å². The van der Waals surface area contributed by atoms with Gasteiger partial charge in [0.25, 0.3) is 0 Å². The third-order valence-corrected chi connectivity index (χ3v) is 2.77. The minimum absolute atomic E-state index is 0.0992. The Morgan fingerprint density at radius 2 is 1.93 bits per heavy atom. The van der Waals surface area contributed by atoms with Crippen LogP contribution in [-0.4, -0.2) is 0 Å². The lowest BCUT2D eigenvalue weighted by Gasteiger charge is -2.13.